The average Bonchev–Trinajstić information content (AvgIpc) is 3.69. The van der Waals surface area contributed by atoms with Gasteiger partial charge in [0.1, 0.15) is 54.2 Å². The van der Waals surface area contributed by atoms with E-state index < -0.39 is 83.2 Å². The minimum atomic E-state index is -4.25. The van der Waals surface area contributed by atoms with Crippen LogP contribution in [-0.4, -0.2) is 92.5 Å². The van der Waals surface area contributed by atoms with Gasteiger partial charge in [0.05, 0.1) is 19.5 Å². The van der Waals surface area contributed by atoms with E-state index in [-0.39, 0.29) is 22.7 Å². The van der Waals surface area contributed by atoms with Gasteiger partial charge in [-0.2, -0.15) is 0 Å². The number of nitrogens with zero attached hydrogens (tertiary/aromatic N) is 5. The molecule has 10 atom stereocenters. The summed E-state index contributed by atoms with van der Waals surface area (Å²) in [6.45, 7) is -5.30. The van der Waals surface area contributed by atoms with Gasteiger partial charge in [0.25, 0.3) is 5.91 Å². The lowest BCUT2D eigenvalue weighted by molar-refractivity contribution is -0.0450. The number of nitrogen functional groups attached to an aromatic ring is 1. The van der Waals surface area contributed by atoms with E-state index in [1.807, 2.05) is 0 Å². The van der Waals surface area contributed by atoms with Crippen LogP contribution in [0.25, 0.3) is 11.2 Å². The third-order valence-corrected chi connectivity index (χ3v) is 12.2. The number of aliphatic hydroxyl groups is 1. The van der Waals surface area contributed by atoms with Crippen LogP contribution in [0.4, 0.5) is 10.2 Å². The monoisotopic (exact) mass is 693 g/mol. The summed E-state index contributed by atoms with van der Waals surface area (Å²) < 4.78 is 78.2. The molecule has 22 heteroatoms. The number of halogens is 1. The van der Waals surface area contributed by atoms with Crippen molar-refractivity contribution in [2.45, 2.75) is 49.0 Å². The van der Waals surface area contributed by atoms with Gasteiger partial charge in [-0.1, -0.05) is 11.7 Å². The fourth-order valence-electron chi connectivity index (χ4n) is 5.07. The lowest BCUT2D eigenvalue weighted by atomic mass is 10.0. The van der Waals surface area contributed by atoms with Crippen LogP contribution in [-0.2, 0) is 36.7 Å². The summed E-state index contributed by atoms with van der Waals surface area (Å²) in [4.78, 5) is 28.2. The van der Waals surface area contributed by atoms with Gasteiger partial charge in [-0.3, -0.25) is 28.0 Å². The summed E-state index contributed by atoms with van der Waals surface area (Å²) in [5.74, 6) is -0.403. The molecule has 1 amide bonds. The fraction of sp³-hybridized carbons (Fsp3) is 0.500. The van der Waals surface area contributed by atoms with Crippen LogP contribution < -0.4 is 11.1 Å². The molecule has 3 aliphatic rings. The number of carbonyl (C=O) groups is 1. The Balaban J connectivity index is 1.29. The average molecular weight is 694 g/mol. The van der Waals surface area contributed by atoms with E-state index >= 15 is 4.39 Å². The van der Waals surface area contributed by atoms with Crippen LogP contribution >= 0.6 is 37.1 Å². The molecule has 3 aromatic rings. The third kappa shape index (κ3) is 6.01. The molecule has 0 radical (unpaired) electrons. The van der Waals surface area contributed by atoms with Gasteiger partial charge in [-0.15, -0.1) is 0 Å². The molecule has 238 valence electrons. The largest absolute Gasteiger partial charge is 0.399 e. The second kappa shape index (κ2) is 12.9. The van der Waals surface area contributed by atoms with Crippen LogP contribution in [0.3, 0.4) is 0 Å². The zero-order valence-electron chi connectivity index (χ0n) is 22.5. The van der Waals surface area contributed by atoms with Crippen molar-refractivity contribution in [2.24, 2.45) is 0 Å². The summed E-state index contributed by atoms with van der Waals surface area (Å²) in [6, 6.07) is 2.95. The minimum Gasteiger partial charge on any atom is -0.387 e. The highest BCUT2D eigenvalue weighted by molar-refractivity contribution is 8.93. The first-order chi connectivity index (χ1) is 21.1. The van der Waals surface area contributed by atoms with Gasteiger partial charge in [-0.25, -0.2) is 23.9 Å². The van der Waals surface area contributed by atoms with Gasteiger partial charge in [-0.05, 0) is 17.7 Å². The summed E-state index contributed by atoms with van der Waals surface area (Å²) in [6.07, 6.45) is -7.38. The number of nitrogens with one attached hydrogen (secondary N) is 1. The summed E-state index contributed by atoms with van der Waals surface area (Å²) >= 11 is 4.03. The Hall–Kier alpha value is -2.22. The highest BCUT2D eigenvalue weighted by atomic mass is 33.3. The van der Waals surface area contributed by atoms with Crippen molar-refractivity contribution >= 4 is 60.0 Å². The predicted octanol–water partition coefficient (Wildman–Crippen LogP) is 1.79. The van der Waals surface area contributed by atoms with E-state index in [2.05, 4.69) is 36.9 Å². The van der Waals surface area contributed by atoms with Gasteiger partial charge in [0, 0.05) is 23.7 Å². The second-order valence-corrected chi connectivity index (χ2v) is 15.6. The lowest BCUT2D eigenvalue weighted by Gasteiger charge is -2.25. The number of alkyl halides is 1. The Morgan fingerprint density at radius 1 is 1.25 bits per heavy atom. The summed E-state index contributed by atoms with van der Waals surface area (Å²) in [7, 11) is -1.56. The highest BCUT2D eigenvalue weighted by Gasteiger charge is 2.53. The zero-order valence-corrected chi connectivity index (χ0v) is 26.1. The number of amides is 1. The number of hydrogen-bond donors (Lipinski definition) is 4. The number of anilines is 1. The molecule has 3 aromatic heterocycles. The first-order valence-corrected chi connectivity index (χ1v) is 18.2. The van der Waals surface area contributed by atoms with Crippen molar-refractivity contribution in [3.63, 3.8) is 0 Å². The van der Waals surface area contributed by atoms with Gasteiger partial charge in [0.2, 0.25) is 0 Å². The first kappa shape index (κ1) is 31.7. The second-order valence-electron chi connectivity index (χ2n) is 9.77. The molecular weight excluding hydrogens is 667 g/mol. The molecule has 2 bridgehead atoms. The number of rotatable bonds is 4. The molecule has 6 heterocycles. The maximum absolute atomic E-state index is 16.0. The molecule has 3 aliphatic heterocycles. The molecule has 0 aliphatic carbocycles. The molecule has 4 N–H and O–H groups in total. The van der Waals surface area contributed by atoms with E-state index in [9.17, 15) is 19.0 Å². The quantitative estimate of drug-likeness (QED) is 0.174. The molecule has 2 unspecified atom stereocenters. The molecule has 0 aromatic carbocycles. The van der Waals surface area contributed by atoms with Crippen molar-refractivity contribution < 1.29 is 51.0 Å². The van der Waals surface area contributed by atoms with Crippen molar-refractivity contribution in [3.8, 4) is 0 Å². The van der Waals surface area contributed by atoms with Gasteiger partial charge >= 0.3 is 15.1 Å². The lowest BCUT2D eigenvalue weighted by Crippen LogP contribution is -2.34. The van der Waals surface area contributed by atoms with E-state index in [1.54, 1.807) is 0 Å². The fourth-order valence-corrected chi connectivity index (χ4v) is 8.46. The van der Waals surface area contributed by atoms with E-state index in [1.165, 1.54) is 42.6 Å². The summed E-state index contributed by atoms with van der Waals surface area (Å²) in [5.41, 5.74) is 6.66. The van der Waals surface area contributed by atoms with Crippen molar-refractivity contribution in [1.29, 1.82) is 0 Å². The van der Waals surface area contributed by atoms with Crippen LogP contribution in [0, 0.1) is 0 Å². The zero-order chi connectivity index (χ0) is 31.2. The topological polar surface area (TPSA) is 221 Å². The van der Waals surface area contributed by atoms with Crippen molar-refractivity contribution in [1.82, 2.24) is 29.8 Å². The normalized spacial score (nSPS) is 36.2. The number of aliphatic hydroxyl groups excluding tert-OH is 1. The molecule has 3 saturated heterocycles. The Labute approximate surface area is 257 Å². The number of hydrogen-bond acceptors (Lipinski definition) is 17. The number of thiol groups is 1. The Kier molecular flexibility index (Phi) is 9.29. The third-order valence-electron chi connectivity index (χ3n) is 7.18. The standard InChI is InChI=1S/C22H26FN7O10P2S2/c1-25-21(32)10-4-9(2-3-26-10)16-18-15(31)11(37-16)6-36-42(34,44-43)40-17-12(5-35-41(33)39-18)38-22(13(17)23)30-8-29-14-19(24)27-7-28-20(14)30/h2-4,7-8,11-13,15-18,22,31,41,43H,5-6H2,1H3,(H,25,32)(H2,24,27,28)/t11-,12-,13-,15-,16+,17-,18-,22-,42?/m1/s1. The predicted molar refractivity (Wildman–Crippen MR) is 155 cm³/mol. The highest BCUT2D eigenvalue weighted by Crippen LogP contribution is 2.65. The molecule has 6 rings (SSSR count). The number of imidazole rings is 1. The number of carbonyl (C=O) groups excluding carboxylic acids is 1. The molecule has 0 saturated carbocycles. The maximum Gasteiger partial charge on any atom is 0.399 e. The Morgan fingerprint density at radius 2 is 2.07 bits per heavy atom. The molecule has 44 heavy (non-hydrogen) atoms. The van der Waals surface area contributed by atoms with E-state index in [4.69, 9.17) is 33.3 Å². The Morgan fingerprint density at radius 3 is 2.84 bits per heavy atom. The summed E-state index contributed by atoms with van der Waals surface area (Å²) in [5, 5.41) is 13.5. The smallest absolute Gasteiger partial charge is 0.387 e. The van der Waals surface area contributed by atoms with Crippen LogP contribution in [0.5, 0.6) is 0 Å². The number of pyridine rings is 1. The van der Waals surface area contributed by atoms with Crippen LogP contribution in [0.1, 0.15) is 28.4 Å². The number of nitrogens with two attached hydrogens (primary N) is 1. The van der Waals surface area contributed by atoms with Gasteiger partial charge in [0.15, 0.2) is 23.9 Å². The molecular formula is C22H26FN7O10P2S2. The number of ether oxygens (including phenoxy) is 2. The van der Waals surface area contributed by atoms with Crippen molar-refractivity contribution in [2.75, 3.05) is 26.0 Å². The van der Waals surface area contributed by atoms with Gasteiger partial charge < -0.3 is 34.7 Å². The molecule has 17 nitrogen and oxygen atoms in total. The van der Waals surface area contributed by atoms with E-state index in [0.29, 0.717) is 16.0 Å². The number of aromatic nitrogens is 5. The van der Waals surface area contributed by atoms with Crippen LogP contribution in [0.15, 0.2) is 31.0 Å². The minimum absolute atomic E-state index is 0.0591. The molecule has 0 spiro atoms. The maximum atomic E-state index is 16.0. The van der Waals surface area contributed by atoms with E-state index in [0.717, 1.165) is 0 Å². The number of fused-ring (bicyclic) bond motifs is 4. The van der Waals surface area contributed by atoms with Crippen molar-refractivity contribution in [3.05, 3.63) is 42.2 Å². The first-order valence-electron chi connectivity index (χ1n) is 13.0. The SMILES string of the molecule is CNC(=O)c1cc([C@@H]2O[C@@H]3COP(=O)(SS)O[C@H]4[C@@H](F)[C@H](n5cnc6c(N)ncnc65)O[C@@H]4CO[PH](=O)O[C@@H]2[C@@H]3O)ccn1. The molecule has 3 fully saturated rings. The van der Waals surface area contributed by atoms with Crippen LogP contribution in [0.2, 0.25) is 0 Å². The Bertz CT molecular complexity index is 1630.